The van der Waals surface area contributed by atoms with Crippen molar-refractivity contribution < 1.29 is 4.74 Å². The number of nitrogens with one attached hydrogen (secondary N) is 1. The Bertz CT molecular complexity index is 623. The van der Waals surface area contributed by atoms with Crippen molar-refractivity contribution in [2.45, 2.75) is 25.4 Å². The highest BCUT2D eigenvalue weighted by Gasteiger charge is 2.14. The minimum Gasteiger partial charge on any atom is -0.376 e. The smallest absolute Gasteiger partial charge is 0.188 e. The van der Waals surface area contributed by atoms with E-state index < -0.39 is 0 Å². The molecule has 3 heterocycles. The lowest BCUT2D eigenvalue weighted by molar-refractivity contribution is 0.118. The first-order valence-corrected chi connectivity index (χ1v) is 7.27. The molecule has 22 heavy (non-hydrogen) atoms. The highest BCUT2D eigenvalue weighted by molar-refractivity contribution is 14.0. The van der Waals surface area contributed by atoms with Crippen LogP contribution in [0.3, 0.4) is 0 Å². The van der Waals surface area contributed by atoms with Gasteiger partial charge in [0.25, 0.3) is 0 Å². The van der Waals surface area contributed by atoms with E-state index >= 15 is 0 Å². The first kappa shape index (κ1) is 16.9. The first-order valence-electron chi connectivity index (χ1n) is 7.27. The van der Waals surface area contributed by atoms with Crippen LogP contribution in [0.2, 0.25) is 0 Å². The number of halogens is 1. The van der Waals surface area contributed by atoms with Gasteiger partial charge in [0.15, 0.2) is 11.6 Å². The Labute approximate surface area is 146 Å². The van der Waals surface area contributed by atoms with Gasteiger partial charge in [0.1, 0.15) is 5.82 Å². The molecular weight excluding hydrogens is 395 g/mol. The molecule has 0 amide bonds. The molecule has 0 saturated carbocycles. The van der Waals surface area contributed by atoms with Gasteiger partial charge in [-0.15, -0.1) is 34.2 Å². The van der Waals surface area contributed by atoms with Crippen LogP contribution in [0.5, 0.6) is 0 Å². The average Bonchev–Trinajstić information content (AvgIpc) is 3.15. The molecule has 3 N–H and O–H groups in total. The molecule has 7 nitrogen and oxygen atoms in total. The molecule has 3 rings (SSSR count). The molecule has 1 fully saturated rings. The summed E-state index contributed by atoms with van der Waals surface area (Å²) in [5.41, 5.74) is 6.70. The van der Waals surface area contributed by atoms with E-state index in [2.05, 4.69) is 20.5 Å². The third kappa shape index (κ3) is 4.29. The number of aromatic nitrogens is 3. The number of nitrogens with zero attached hydrogens (tertiary/aromatic N) is 4. The lowest BCUT2D eigenvalue weighted by Crippen LogP contribution is -2.34. The van der Waals surface area contributed by atoms with E-state index in [0.717, 1.165) is 37.3 Å². The summed E-state index contributed by atoms with van der Waals surface area (Å²) in [6.07, 6.45) is 5.11. The number of hydrogen-bond donors (Lipinski definition) is 2. The summed E-state index contributed by atoms with van der Waals surface area (Å²) in [7, 11) is 0. The Morgan fingerprint density at radius 1 is 1.45 bits per heavy atom. The number of aliphatic imine (C=N–C) groups is 1. The summed E-state index contributed by atoms with van der Waals surface area (Å²) >= 11 is 0. The van der Waals surface area contributed by atoms with Crippen LogP contribution in [0.1, 0.15) is 18.7 Å². The summed E-state index contributed by atoms with van der Waals surface area (Å²) in [5.74, 6) is 1.37. The van der Waals surface area contributed by atoms with Gasteiger partial charge in [-0.25, -0.2) is 0 Å². The maximum atomic E-state index is 5.84. The summed E-state index contributed by atoms with van der Waals surface area (Å²) in [4.78, 5) is 4.30. The molecule has 0 spiro atoms. The molecule has 0 bridgehead atoms. The maximum Gasteiger partial charge on any atom is 0.188 e. The van der Waals surface area contributed by atoms with Crippen LogP contribution in [-0.4, -0.2) is 46.4 Å². The molecule has 0 radical (unpaired) electrons. The van der Waals surface area contributed by atoms with Gasteiger partial charge in [0, 0.05) is 25.8 Å². The van der Waals surface area contributed by atoms with Crippen LogP contribution in [0, 0.1) is 0 Å². The monoisotopic (exact) mass is 416 g/mol. The molecular formula is C14H21IN6O. The standard InChI is InChI=1S/C14H20N6O.HI/c15-14(17-10-11-4-3-9-21-11)16-7-6-13-19-18-12-5-1-2-8-20(12)13;/h1-2,5,8,11H,3-4,6-7,9-10H2,(H3,15,16,17);1H. The fraction of sp³-hybridized carbons (Fsp3) is 0.500. The normalized spacial score (nSPS) is 18.4. The predicted octanol–water partition coefficient (Wildman–Crippen LogP) is 0.973. The quantitative estimate of drug-likeness (QED) is 0.431. The topological polar surface area (TPSA) is 89.8 Å². The minimum absolute atomic E-state index is 0. The number of pyridine rings is 1. The van der Waals surface area contributed by atoms with Crippen molar-refractivity contribution in [1.29, 1.82) is 0 Å². The molecule has 2 aromatic heterocycles. The zero-order valence-electron chi connectivity index (χ0n) is 12.3. The molecule has 120 valence electrons. The van der Waals surface area contributed by atoms with Gasteiger partial charge in [-0.05, 0) is 25.0 Å². The van der Waals surface area contributed by atoms with Gasteiger partial charge in [0.05, 0.1) is 12.6 Å². The summed E-state index contributed by atoms with van der Waals surface area (Å²) in [6, 6.07) is 5.84. The number of guanidine groups is 1. The second kappa shape index (κ2) is 8.28. The van der Waals surface area contributed by atoms with E-state index in [4.69, 9.17) is 10.5 Å². The molecule has 8 heteroatoms. The van der Waals surface area contributed by atoms with Gasteiger partial charge in [-0.3, -0.25) is 9.39 Å². The average molecular weight is 416 g/mol. The van der Waals surface area contributed by atoms with E-state index in [1.54, 1.807) is 0 Å². The zero-order valence-corrected chi connectivity index (χ0v) is 14.6. The first-order chi connectivity index (χ1) is 10.3. The van der Waals surface area contributed by atoms with Gasteiger partial charge in [-0.1, -0.05) is 6.07 Å². The molecule has 2 aromatic rings. The second-order valence-electron chi connectivity index (χ2n) is 5.08. The highest BCUT2D eigenvalue weighted by atomic mass is 127. The second-order valence-corrected chi connectivity index (χ2v) is 5.08. The Hall–Kier alpha value is -1.42. The zero-order chi connectivity index (χ0) is 14.5. The fourth-order valence-corrected chi connectivity index (χ4v) is 2.41. The Morgan fingerprint density at radius 3 is 3.18 bits per heavy atom. The van der Waals surface area contributed by atoms with E-state index in [1.807, 2.05) is 28.8 Å². The van der Waals surface area contributed by atoms with Crippen LogP contribution in [0.15, 0.2) is 29.4 Å². The van der Waals surface area contributed by atoms with Gasteiger partial charge >= 0.3 is 0 Å². The minimum atomic E-state index is 0. The van der Waals surface area contributed by atoms with Crippen molar-refractivity contribution in [3.8, 4) is 0 Å². The molecule has 0 aromatic carbocycles. The third-order valence-corrected chi connectivity index (χ3v) is 3.53. The predicted molar refractivity (Wildman–Crippen MR) is 95.6 cm³/mol. The lowest BCUT2D eigenvalue weighted by Gasteiger charge is -2.08. The molecule has 1 atom stereocenters. The van der Waals surface area contributed by atoms with Crippen molar-refractivity contribution >= 4 is 35.6 Å². The van der Waals surface area contributed by atoms with Crippen molar-refractivity contribution in [3.63, 3.8) is 0 Å². The van der Waals surface area contributed by atoms with Crippen LogP contribution < -0.4 is 11.1 Å². The van der Waals surface area contributed by atoms with Crippen LogP contribution >= 0.6 is 24.0 Å². The van der Waals surface area contributed by atoms with Crippen molar-refractivity contribution in [1.82, 2.24) is 19.9 Å². The van der Waals surface area contributed by atoms with E-state index in [1.165, 1.54) is 0 Å². The van der Waals surface area contributed by atoms with E-state index in [0.29, 0.717) is 19.0 Å². The summed E-state index contributed by atoms with van der Waals surface area (Å²) < 4.78 is 7.48. The van der Waals surface area contributed by atoms with E-state index in [-0.39, 0.29) is 30.1 Å². The fourth-order valence-electron chi connectivity index (χ4n) is 2.41. The van der Waals surface area contributed by atoms with Crippen molar-refractivity contribution in [3.05, 3.63) is 30.2 Å². The maximum absolute atomic E-state index is 5.84. The third-order valence-electron chi connectivity index (χ3n) is 3.53. The number of nitrogens with two attached hydrogens (primary N) is 1. The van der Waals surface area contributed by atoms with Crippen LogP contribution in [-0.2, 0) is 11.2 Å². The van der Waals surface area contributed by atoms with E-state index in [9.17, 15) is 0 Å². The number of ether oxygens (including phenoxy) is 1. The Morgan fingerprint density at radius 2 is 2.36 bits per heavy atom. The van der Waals surface area contributed by atoms with Gasteiger partial charge in [-0.2, -0.15) is 0 Å². The number of fused-ring (bicyclic) bond motifs is 1. The van der Waals surface area contributed by atoms with Crippen molar-refractivity contribution in [2.24, 2.45) is 10.7 Å². The number of rotatable bonds is 5. The largest absolute Gasteiger partial charge is 0.376 e. The molecule has 1 saturated heterocycles. The molecule has 1 aliphatic heterocycles. The summed E-state index contributed by atoms with van der Waals surface area (Å²) in [6.45, 7) is 2.15. The molecule has 1 aliphatic rings. The molecule has 1 unspecified atom stereocenters. The van der Waals surface area contributed by atoms with Crippen LogP contribution in [0.25, 0.3) is 5.65 Å². The Balaban J connectivity index is 0.00000176. The van der Waals surface area contributed by atoms with Gasteiger partial charge < -0.3 is 15.8 Å². The van der Waals surface area contributed by atoms with Gasteiger partial charge in [0.2, 0.25) is 0 Å². The van der Waals surface area contributed by atoms with Crippen LogP contribution in [0.4, 0.5) is 0 Å². The SMILES string of the molecule is I.NC(=NCC1CCCO1)NCCc1nnc2ccccn12. The Kier molecular flexibility index (Phi) is 6.37. The summed E-state index contributed by atoms with van der Waals surface area (Å²) in [5, 5.41) is 11.4. The van der Waals surface area contributed by atoms with Crippen molar-refractivity contribution in [2.75, 3.05) is 19.7 Å². The number of hydrogen-bond acceptors (Lipinski definition) is 4. The lowest BCUT2D eigenvalue weighted by atomic mass is 10.2. The molecule has 0 aliphatic carbocycles. The highest BCUT2D eigenvalue weighted by Crippen LogP contribution is 2.11.